The van der Waals surface area contributed by atoms with Crippen molar-refractivity contribution in [3.05, 3.63) is 11.7 Å². The highest BCUT2D eigenvalue weighted by atomic mass is 16.7. The van der Waals surface area contributed by atoms with E-state index in [1.807, 2.05) is 20.8 Å². The van der Waals surface area contributed by atoms with Crippen LogP contribution < -0.4 is 5.73 Å². The third-order valence-electron chi connectivity index (χ3n) is 2.46. The van der Waals surface area contributed by atoms with Gasteiger partial charge in [0.1, 0.15) is 0 Å². The zero-order valence-corrected chi connectivity index (χ0v) is 9.15. The summed E-state index contributed by atoms with van der Waals surface area (Å²) in [5.41, 5.74) is 5.94. The zero-order valence-electron chi connectivity index (χ0n) is 9.15. The normalized spacial score (nSPS) is 27.6. The molecule has 1 heterocycles. The molecule has 0 aromatic rings. The molecule has 0 radical (unpaired) electrons. The monoisotopic (exact) mass is 196 g/mol. The number of rotatable bonds is 2. The Bertz CT molecular complexity index is 264. The van der Waals surface area contributed by atoms with Gasteiger partial charge in [0.15, 0.2) is 0 Å². The van der Waals surface area contributed by atoms with E-state index >= 15 is 0 Å². The van der Waals surface area contributed by atoms with Gasteiger partial charge in [0.05, 0.1) is 11.7 Å². The molecule has 0 bridgehead atoms. The highest BCUT2D eigenvalue weighted by Gasteiger charge is 2.44. The number of hydrogen-bond donors (Lipinski definition) is 1. The summed E-state index contributed by atoms with van der Waals surface area (Å²) in [4.78, 5) is 3.89. The van der Waals surface area contributed by atoms with Gasteiger partial charge in [-0.05, 0) is 27.0 Å². The van der Waals surface area contributed by atoms with Crippen molar-refractivity contribution in [2.24, 2.45) is 10.7 Å². The van der Waals surface area contributed by atoms with Gasteiger partial charge >= 0.3 is 7.12 Å². The van der Waals surface area contributed by atoms with Gasteiger partial charge in [0.2, 0.25) is 0 Å². The molecule has 2 N–H and O–H groups in total. The molecule has 0 aliphatic carbocycles. The summed E-state index contributed by atoms with van der Waals surface area (Å²) in [6.45, 7) is 5.97. The Kier molecular flexibility index (Phi) is 3.34. The first-order valence-electron chi connectivity index (χ1n) is 4.68. The maximum absolute atomic E-state index is 5.70. The summed E-state index contributed by atoms with van der Waals surface area (Å²) < 4.78 is 11.3. The highest BCUT2D eigenvalue weighted by molar-refractivity contribution is 6.60. The zero-order chi connectivity index (χ0) is 10.8. The van der Waals surface area contributed by atoms with Gasteiger partial charge in [-0.3, -0.25) is 4.99 Å². The lowest BCUT2D eigenvalue weighted by Gasteiger charge is -2.21. The average molecular weight is 196 g/mol. The van der Waals surface area contributed by atoms with Gasteiger partial charge in [-0.1, -0.05) is 0 Å². The van der Waals surface area contributed by atoms with E-state index in [1.165, 1.54) is 6.20 Å². The van der Waals surface area contributed by atoms with Crippen molar-refractivity contribution < 1.29 is 9.31 Å². The molecule has 0 amide bonds. The molecule has 1 atom stereocenters. The van der Waals surface area contributed by atoms with Crippen LogP contribution in [0, 0.1) is 0 Å². The van der Waals surface area contributed by atoms with E-state index < -0.39 is 7.12 Å². The molecule has 0 saturated carbocycles. The van der Waals surface area contributed by atoms with Crippen LogP contribution in [0.1, 0.15) is 20.8 Å². The van der Waals surface area contributed by atoms with Crippen LogP contribution in [0.4, 0.5) is 0 Å². The van der Waals surface area contributed by atoms with Crippen molar-refractivity contribution >= 4 is 13.3 Å². The van der Waals surface area contributed by atoms with Crippen molar-refractivity contribution in [3.63, 3.8) is 0 Å². The van der Waals surface area contributed by atoms with Crippen molar-refractivity contribution in [1.82, 2.24) is 0 Å². The van der Waals surface area contributed by atoms with Crippen LogP contribution in [0.5, 0.6) is 0 Å². The van der Waals surface area contributed by atoms with E-state index in [0.29, 0.717) is 0 Å². The molecule has 14 heavy (non-hydrogen) atoms. The van der Waals surface area contributed by atoms with E-state index in [9.17, 15) is 0 Å². The summed E-state index contributed by atoms with van der Waals surface area (Å²) in [7, 11) is 1.29. The van der Waals surface area contributed by atoms with E-state index in [0.717, 1.165) is 5.47 Å². The van der Waals surface area contributed by atoms with Crippen LogP contribution in [0.25, 0.3) is 0 Å². The van der Waals surface area contributed by atoms with Gasteiger partial charge in [-0.2, -0.15) is 0 Å². The Morgan fingerprint density at radius 3 is 2.57 bits per heavy atom. The molecule has 5 heteroatoms. The van der Waals surface area contributed by atoms with E-state index in [4.69, 9.17) is 15.0 Å². The fraction of sp³-hybridized carbons (Fsp3) is 0.667. The Morgan fingerprint density at radius 2 is 2.21 bits per heavy atom. The van der Waals surface area contributed by atoms with E-state index in [-0.39, 0.29) is 11.7 Å². The first kappa shape index (κ1) is 11.3. The second-order valence-corrected chi connectivity index (χ2v) is 3.89. The second kappa shape index (κ2) is 4.15. The number of allylic oxidation sites excluding steroid dienone is 1. The van der Waals surface area contributed by atoms with Crippen molar-refractivity contribution in [2.45, 2.75) is 32.5 Å². The topological polar surface area (TPSA) is 56.8 Å². The Labute approximate surface area is 85.3 Å². The highest BCUT2D eigenvalue weighted by Crippen LogP contribution is 2.28. The summed E-state index contributed by atoms with van der Waals surface area (Å²) in [5, 5.41) is 0. The first-order valence-corrected chi connectivity index (χ1v) is 4.68. The minimum Gasteiger partial charge on any atom is -0.405 e. The first-order chi connectivity index (χ1) is 6.51. The number of nitrogens with two attached hydrogens (primary N) is 1. The smallest absolute Gasteiger partial charge is 0.405 e. The molecule has 1 saturated heterocycles. The van der Waals surface area contributed by atoms with Crippen LogP contribution in [-0.4, -0.2) is 32.1 Å². The van der Waals surface area contributed by atoms with Crippen LogP contribution in [0.3, 0.4) is 0 Å². The van der Waals surface area contributed by atoms with Crippen molar-refractivity contribution in [3.8, 4) is 0 Å². The van der Waals surface area contributed by atoms with E-state index in [2.05, 4.69) is 4.99 Å². The summed E-state index contributed by atoms with van der Waals surface area (Å²) in [6, 6.07) is 0. The lowest BCUT2D eigenvalue weighted by atomic mass is 9.79. The molecule has 1 fully saturated rings. The standard InChI is InChI=1S/C9H17BN2O2/c1-7-9(2,3)14-10(13-7)8(5-11)6-12-4/h5-7H,11H2,1-4H3. The quantitative estimate of drug-likeness (QED) is 0.524. The molecule has 4 nitrogen and oxygen atoms in total. The molecule has 1 unspecified atom stereocenters. The molecule has 1 aliphatic heterocycles. The molecule has 78 valence electrons. The second-order valence-electron chi connectivity index (χ2n) is 3.89. The summed E-state index contributed by atoms with van der Waals surface area (Å²) >= 11 is 0. The molecule has 1 aliphatic rings. The Hall–Kier alpha value is -0.805. The lowest BCUT2D eigenvalue weighted by molar-refractivity contribution is 0.0842. The van der Waals surface area contributed by atoms with Crippen LogP contribution in [0.2, 0.25) is 0 Å². The minimum absolute atomic E-state index is 0.0488. The predicted molar refractivity (Wildman–Crippen MR) is 58.2 cm³/mol. The van der Waals surface area contributed by atoms with Gasteiger partial charge in [0, 0.05) is 18.7 Å². The van der Waals surface area contributed by atoms with Gasteiger partial charge in [-0.25, -0.2) is 0 Å². The van der Waals surface area contributed by atoms with E-state index in [1.54, 1.807) is 13.3 Å². The number of nitrogens with zero attached hydrogens (tertiary/aromatic N) is 1. The lowest BCUT2D eigenvalue weighted by Crippen LogP contribution is -2.30. The Morgan fingerprint density at radius 1 is 1.57 bits per heavy atom. The van der Waals surface area contributed by atoms with Crippen LogP contribution in [-0.2, 0) is 9.31 Å². The van der Waals surface area contributed by atoms with Gasteiger partial charge in [-0.15, -0.1) is 0 Å². The van der Waals surface area contributed by atoms with Crippen LogP contribution in [0.15, 0.2) is 16.7 Å². The molecular formula is C9H17BN2O2. The van der Waals surface area contributed by atoms with Crippen LogP contribution >= 0.6 is 0 Å². The van der Waals surface area contributed by atoms with Crippen molar-refractivity contribution in [2.75, 3.05) is 7.05 Å². The third kappa shape index (κ3) is 2.16. The van der Waals surface area contributed by atoms with Crippen molar-refractivity contribution in [1.29, 1.82) is 0 Å². The number of aliphatic imine (C=N–C) groups is 1. The largest absolute Gasteiger partial charge is 0.497 e. The fourth-order valence-corrected chi connectivity index (χ4v) is 1.23. The minimum atomic E-state index is -0.395. The molecular weight excluding hydrogens is 179 g/mol. The Balaban J connectivity index is 2.74. The maximum Gasteiger partial charge on any atom is 0.497 e. The molecule has 0 aromatic carbocycles. The fourth-order valence-electron chi connectivity index (χ4n) is 1.23. The van der Waals surface area contributed by atoms with Gasteiger partial charge in [0.25, 0.3) is 0 Å². The SMILES string of the molecule is CN=CC(=CN)B1OC(C)C(C)(C)O1. The molecule has 0 spiro atoms. The molecule has 1 rings (SSSR count). The third-order valence-corrected chi connectivity index (χ3v) is 2.46. The molecule has 0 aromatic heterocycles. The maximum atomic E-state index is 5.70. The summed E-state index contributed by atoms with van der Waals surface area (Å²) in [6.07, 6.45) is 3.16. The predicted octanol–water partition coefficient (Wildman–Crippen LogP) is 0.771. The summed E-state index contributed by atoms with van der Waals surface area (Å²) in [5.74, 6) is 0. The van der Waals surface area contributed by atoms with Gasteiger partial charge < -0.3 is 15.0 Å². The average Bonchev–Trinajstić information content (AvgIpc) is 2.37. The number of hydrogen-bond acceptors (Lipinski definition) is 4.